The maximum atomic E-state index is 11.4. The predicted molar refractivity (Wildman–Crippen MR) is 63.7 cm³/mol. The van der Waals surface area contributed by atoms with Crippen LogP contribution >= 0.6 is 0 Å². The molecular weight excluding hydrogens is 186 g/mol. The monoisotopic (exact) mass is 211 g/mol. The molecule has 15 heavy (non-hydrogen) atoms. The van der Waals surface area contributed by atoms with Crippen molar-refractivity contribution >= 4 is 5.91 Å². The third-order valence-electron chi connectivity index (χ3n) is 3.75. The number of hydrogen-bond acceptors (Lipinski definition) is 1. The Morgan fingerprint density at radius 2 is 2.07 bits per heavy atom. The summed E-state index contributed by atoms with van der Waals surface area (Å²) in [4.78, 5) is 11.4. The molecular formula is C13H25NO. The summed E-state index contributed by atoms with van der Waals surface area (Å²) in [5, 5.41) is 3.10. The zero-order chi connectivity index (χ0) is 11.3. The normalized spacial score (nSPS) is 30.6. The first-order valence-corrected chi connectivity index (χ1v) is 6.41. The molecule has 1 saturated heterocycles. The highest BCUT2D eigenvalue weighted by molar-refractivity contribution is 5.79. The summed E-state index contributed by atoms with van der Waals surface area (Å²) in [5.74, 6) is 0.250. The van der Waals surface area contributed by atoms with Crippen LogP contribution < -0.4 is 5.32 Å². The van der Waals surface area contributed by atoms with Gasteiger partial charge in [0.25, 0.3) is 0 Å². The van der Waals surface area contributed by atoms with Crippen LogP contribution in [0.2, 0.25) is 0 Å². The second-order valence-corrected chi connectivity index (χ2v) is 5.17. The highest BCUT2D eigenvalue weighted by Crippen LogP contribution is 2.38. The molecule has 1 aliphatic heterocycles. The zero-order valence-corrected chi connectivity index (χ0v) is 10.4. The van der Waals surface area contributed by atoms with Crippen LogP contribution in [-0.4, -0.2) is 11.9 Å². The van der Waals surface area contributed by atoms with Crippen LogP contribution in [0.25, 0.3) is 0 Å². The van der Waals surface area contributed by atoms with E-state index in [9.17, 15) is 4.79 Å². The van der Waals surface area contributed by atoms with Gasteiger partial charge in [0.05, 0.1) is 0 Å². The molecule has 0 aliphatic carbocycles. The van der Waals surface area contributed by atoms with E-state index in [0.29, 0.717) is 6.04 Å². The van der Waals surface area contributed by atoms with Crippen molar-refractivity contribution in [1.82, 2.24) is 5.32 Å². The number of unbranched alkanes of at least 4 members (excludes halogenated alkanes) is 3. The summed E-state index contributed by atoms with van der Waals surface area (Å²) in [6, 6.07) is 0.409. The molecule has 0 aromatic heterocycles. The third-order valence-corrected chi connectivity index (χ3v) is 3.75. The number of rotatable bonds is 6. The molecule has 2 unspecified atom stereocenters. The highest BCUT2D eigenvalue weighted by Gasteiger charge is 2.41. The number of nitrogens with one attached hydrogen (secondary N) is 1. The lowest BCUT2D eigenvalue weighted by atomic mass is 9.77. The van der Waals surface area contributed by atoms with Crippen LogP contribution in [-0.2, 0) is 4.79 Å². The SMILES string of the molecule is CCCCCCC1(C)CC(=O)NC1CC. The van der Waals surface area contributed by atoms with Crippen molar-refractivity contribution < 1.29 is 4.79 Å². The van der Waals surface area contributed by atoms with Crippen LogP contribution in [0.3, 0.4) is 0 Å². The van der Waals surface area contributed by atoms with Crippen molar-refractivity contribution in [2.45, 2.75) is 71.8 Å². The molecule has 0 radical (unpaired) electrons. The van der Waals surface area contributed by atoms with E-state index in [1.807, 2.05) is 0 Å². The van der Waals surface area contributed by atoms with E-state index in [-0.39, 0.29) is 11.3 Å². The van der Waals surface area contributed by atoms with E-state index in [2.05, 4.69) is 26.1 Å². The average Bonchev–Trinajstić information content (AvgIpc) is 2.49. The van der Waals surface area contributed by atoms with Crippen LogP contribution in [0.1, 0.15) is 65.7 Å². The standard InChI is InChI=1S/C13H25NO/c1-4-6-7-8-9-13(3)10-12(15)14-11(13)5-2/h11H,4-10H2,1-3H3,(H,14,15). The Morgan fingerprint density at radius 1 is 1.33 bits per heavy atom. The van der Waals surface area contributed by atoms with Gasteiger partial charge in [0.2, 0.25) is 5.91 Å². The molecule has 1 fully saturated rings. The van der Waals surface area contributed by atoms with Gasteiger partial charge in [0.15, 0.2) is 0 Å². The van der Waals surface area contributed by atoms with Gasteiger partial charge < -0.3 is 5.32 Å². The molecule has 0 aromatic carbocycles. The van der Waals surface area contributed by atoms with Gasteiger partial charge in [-0.3, -0.25) is 4.79 Å². The third kappa shape index (κ3) is 3.22. The van der Waals surface area contributed by atoms with E-state index in [1.54, 1.807) is 0 Å². The lowest BCUT2D eigenvalue weighted by Crippen LogP contribution is -2.34. The molecule has 0 saturated carbocycles. The molecule has 2 nitrogen and oxygen atoms in total. The topological polar surface area (TPSA) is 29.1 Å². The molecule has 0 aromatic rings. The van der Waals surface area contributed by atoms with Gasteiger partial charge in [0.1, 0.15) is 0 Å². The molecule has 0 bridgehead atoms. The highest BCUT2D eigenvalue weighted by atomic mass is 16.2. The van der Waals surface area contributed by atoms with E-state index in [4.69, 9.17) is 0 Å². The first-order valence-electron chi connectivity index (χ1n) is 6.41. The van der Waals surface area contributed by atoms with E-state index in [0.717, 1.165) is 12.8 Å². The Labute approximate surface area is 93.8 Å². The molecule has 0 spiro atoms. The Hall–Kier alpha value is -0.530. The summed E-state index contributed by atoms with van der Waals surface area (Å²) in [6.45, 7) is 6.67. The number of carbonyl (C=O) groups is 1. The van der Waals surface area contributed by atoms with Crippen molar-refractivity contribution in [3.8, 4) is 0 Å². The van der Waals surface area contributed by atoms with E-state index < -0.39 is 0 Å². The van der Waals surface area contributed by atoms with Crippen molar-refractivity contribution in [3.63, 3.8) is 0 Å². The van der Waals surface area contributed by atoms with Crippen LogP contribution in [0.15, 0.2) is 0 Å². The average molecular weight is 211 g/mol. The Morgan fingerprint density at radius 3 is 2.67 bits per heavy atom. The van der Waals surface area contributed by atoms with Gasteiger partial charge in [-0.1, -0.05) is 46.5 Å². The van der Waals surface area contributed by atoms with Gasteiger partial charge in [0, 0.05) is 12.5 Å². The summed E-state index contributed by atoms with van der Waals surface area (Å²) in [7, 11) is 0. The summed E-state index contributed by atoms with van der Waals surface area (Å²) in [6.07, 6.45) is 8.20. The quantitative estimate of drug-likeness (QED) is 0.671. The van der Waals surface area contributed by atoms with Gasteiger partial charge in [-0.25, -0.2) is 0 Å². The maximum absolute atomic E-state index is 11.4. The molecule has 1 heterocycles. The van der Waals surface area contributed by atoms with Gasteiger partial charge in [-0.2, -0.15) is 0 Å². The fourth-order valence-corrected chi connectivity index (χ4v) is 2.72. The molecule has 1 aliphatic rings. The van der Waals surface area contributed by atoms with Crippen LogP contribution in [0, 0.1) is 5.41 Å². The van der Waals surface area contributed by atoms with E-state index >= 15 is 0 Å². The van der Waals surface area contributed by atoms with Crippen LogP contribution in [0.4, 0.5) is 0 Å². The van der Waals surface area contributed by atoms with Crippen molar-refractivity contribution in [2.75, 3.05) is 0 Å². The molecule has 1 amide bonds. The Balaban J connectivity index is 2.39. The second-order valence-electron chi connectivity index (χ2n) is 5.17. The lowest BCUT2D eigenvalue weighted by molar-refractivity contribution is -0.119. The van der Waals surface area contributed by atoms with Gasteiger partial charge in [-0.05, 0) is 18.3 Å². The molecule has 2 heteroatoms. The van der Waals surface area contributed by atoms with Gasteiger partial charge in [-0.15, -0.1) is 0 Å². The molecule has 1 N–H and O–H groups in total. The van der Waals surface area contributed by atoms with Crippen molar-refractivity contribution in [1.29, 1.82) is 0 Å². The molecule has 88 valence electrons. The fraction of sp³-hybridized carbons (Fsp3) is 0.923. The Kier molecular flexibility index (Phi) is 4.62. The molecule has 2 atom stereocenters. The number of hydrogen-bond donors (Lipinski definition) is 1. The first kappa shape index (κ1) is 12.5. The van der Waals surface area contributed by atoms with Crippen LogP contribution in [0.5, 0.6) is 0 Å². The summed E-state index contributed by atoms with van der Waals surface area (Å²) < 4.78 is 0. The smallest absolute Gasteiger partial charge is 0.220 e. The van der Waals surface area contributed by atoms with Crippen molar-refractivity contribution in [2.24, 2.45) is 5.41 Å². The summed E-state index contributed by atoms with van der Waals surface area (Å²) in [5.41, 5.74) is 0.222. The minimum Gasteiger partial charge on any atom is -0.353 e. The minimum atomic E-state index is 0.222. The Bertz CT molecular complexity index is 215. The first-order chi connectivity index (χ1) is 7.12. The summed E-state index contributed by atoms with van der Waals surface area (Å²) >= 11 is 0. The zero-order valence-electron chi connectivity index (χ0n) is 10.4. The predicted octanol–water partition coefficient (Wildman–Crippen LogP) is 3.26. The maximum Gasteiger partial charge on any atom is 0.220 e. The largest absolute Gasteiger partial charge is 0.353 e. The number of carbonyl (C=O) groups excluding carboxylic acids is 1. The fourth-order valence-electron chi connectivity index (χ4n) is 2.72. The number of amides is 1. The second kappa shape index (κ2) is 5.53. The van der Waals surface area contributed by atoms with E-state index in [1.165, 1.54) is 32.1 Å². The lowest BCUT2D eigenvalue weighted by Gasteiger charge is -2.29. The van der Waals surface area contributed by atoms with Crippen molar-refractivity contribution in [3.05, 3.63) is 0 Å². The molecule has 1 rings (SSSR count). The minimum absolute atomic E-state index is 0.222. The van der Waals surface area contributed by atoms with Gasteiger partial charge >= 0.3 is 0 Å².